The highest BCUT2D eigenvalue weighted by Gasteiger charge is 2.43. The Labute approximate surface area is 173 Å². The maximum absolute atomic E-state index is 13.4. The van der Waals surface area contributed by atoms with Crippen molar-refractivity contribution in [3.05, 3.63) is 75.3 Å². The third kappa shape index (κ3) is 3.56. The summed E-state index contributed by atoms with van der Waals surface area (Å²) in [5, 5.41) is 10.9. The first-order valence-electron chi connectivity index (χ1n) is 9.96. The molecular weight excluding hydrogens is 386 g/mol. The molecule has 8 heteroatoms. The Morgan fingerprint density at radius 2 is 1.50 bits per heavy atom. The number of nitro benzene ring substituents is 1. The Morgan fingerprint density at radius 1 is 0.933 bits per heavy atom. The minimum Gasteiger partial charge on any atom is -0.341 e. The van der Waals surface area contributed by atoms with E-state index in [0.29, 0.717) is 29.8 Å². The summed E-state index contributed by atoms with van der Waals surface area (Å²) in [6, 6.07) is 11.4. The van der Waals surface area contributed by atoms with Gasteiger partial charge in [-0.2, -0.15) is 0 Å². The van der Waals surface area contributed by atoms with E-state index >= 15 is 0 Å². The molecule has 8 nitrogen and oxygen atoms in total. The number of rotatable bonds is 5. The van der Waals surface area contributed by atoms with Gasteiger partial charge in [0.2, 0.25) is 5.91 Å². The van der Waals surface area contributed by atoms with E-state index in [-0.39, 0.29) is 18.0 Å². The van der Waals surface area contributed by atoms with Crippen LogP contribution in [0.3, 0.4) is 0 Å². The lowest BCUT2D eigenvalue weighted by molar-refractivity contribution is -0.384. The van der Waals surface area contributed by atoms with E-state index in [9.17, 15) is 24.5 Å². The molecule has 1 fully saturated rings. The second-order valence-electron chi connectivity index (χ2n) is 7.56. The van der Waals surface area contributed by atoms with Gasteiger partial charge in [-0.25, -0.2) is 0 Å². The minimum absolute atomic E-state index is 0.0570. The van der Waals surface area contributed by atoms with Gasteiger partial charge in [-0.1, -0.05) is 24.3 Å². The number of likely N-dealkylation sites (tertiary alicyclic amines) is 1. The molecule has 0 bridgehead atoms. The molecule has 2 aliphatic heterocycles. The molecule has 2 heterocycles. The summed E-state index contributed by atoms with van der Waals surface area (Å²) < 4.78 is 0. The van der Waals surface area contributed by atoms with Crippen molar-refractivity contribution in [1.29, 1.82) is 0 Å². The van der Waals surface area contributed by atoms with Gasteiger partial charge in [0.05, 0.1) is 16.1 Å². The Bertz CT molecular complexity index is 977. The van der Waals surface area contributed by atoms with Crippen LogP contribution in [-0.4, -0.2) is 51.6 Å². The van der Waals surface area contributed by atoms with Crippen molar-refractivity contribution in [3.63, 3.8) is 0 Å². The molecule has 0 aliphatic carbocycles. The highest BCUT2D eigenvalue weighted by atomic mass is 16.6. The fourth-order valence-electron chi connectivity index (χ4n) is 4.08. The molecular formula is C22H21N3O5. The summed E-state index contributed by atoms with van der Waals surface area (Å²) >= 11 is 0. The first-order valence-corrected chi connectivity index (χ1v) is 9.96. The molecule has 0 saturated carbocycles. The lowest BCUT2D eigenvalue weighted by atomic mass is 10.0. The molecule has 1 saturated heterocycles. The topological polar surface area (TPSA) is 101 Å². The molecule has 2 aliphatic rings. The van der Waals surface area contributed by atoms with Crippen LogP contribution in [0.4, 0.5) is 5.69 Å². The summed E-state index contributed by atoms with van der Waals surface area (Å²) in [5.41, 5.74) is 1.18. The fraction of sp³-hybridized carbons (Fsp3) is 0.318. The third-order valence-electron chi connectivity index (χ3n) is 5.67. The average molecular weight is 407 g/mol. The highest BCUT2D eigenvalue weighted by Crippen LogP contribution is 2.28. The van der Waals surface area contributed by atoms with Crippen LogP contribution in [0, 0.1) is 10.1 Å². The molecule has 2 aromatic rings. The summed E-state index contributed by atoms with van der Waals surface area (Å²) in [5.74, 6) is -1.22. The van der Waals surface area contributed by atoms with Crippen molar-refractivity contribution < 1.29 is 19.3 Å². The van der Waals surface area contributed by atoms with Crippen molar-refractivity contribution >= 4 is 23.4 Å². The van der Waals surface area contributed by atoms with Crippen LogP contribution in [0.2, 0.25) is 0 Å². The van der Waals surface area contributed by atoms with Gasteiger partial charge in [0, 0.05) is 31.6 Å². The normalized spacial score (nSPS) is 17.1. The van der Waals surface area contributed by atoms with Crippen LogP contribution < -0.4 is 0 Å². The molecule has 0 radical (unpaired) electrons. The monoisotopic (exact) mass is 407 g/mol. The van der Waals surface area contributed by atoms with Gasteiger partial charge in [-0.15, -0.1) is 0 Å². The van der Waals surface area contributed by atoms with Gasteiger partial charge in [0.15, 0.2) is 0 Å². The van der Waals surface area contributed by atoms with Crippen LogP contribution in [0.15, 0.2) is 48.5 Å². The molecule has 154 valence electrons. The Kier molecular flexibility index (Phi) is 5.31. The number of carbonyl (C=O) groups excluding carboxylic acids is 3. The molecule has 2 aromatic carbocycles. The zero-order valence-electron chi connectivity index (χ0n) is 16.3. The standard InChI is InChI=1S/C22H21N3O5/c26-20-17-6-2-3-7-18(17)21(27)24(20)19(22(28)23-12-4-1-5-13-23)14-15-8-10-16(11-9-15)25(29)30/h2-3,6-11,19H,1,4-5,12-14H2. The zero-order valence-corrected chi connectivity index (χ0v) is 16.3. The van der Waals surface area contributed by atoms with E-state index in [2.05, 4.69) is 0 Å². The molecule has 0 spiro atoms. The number of carbonyl (C=O) groups is 3. The second-order valence-corrected chi connectivity index (χ2v) is 7.56. The van der Waals surface area contributed by atoms with Gasteiger partial charge >= 0.3 is 0 Å². The van der Waals surface area contributed by atoms with E-state index in [1.54, 1.807) is 41.3 Å². The number of benzene rings is 2. The number of imide groups is 1. The number of fused-ring (bicyclic) bond motifs is 1. The number of amides is 3. The van der Waals surface area contributed by atoms with Crippen LogP contribution in [0.25, 0.3) is 0 Å². The lowest BCUT2D eigenvalue weighted by Gasteiger charge is -2.33. The van der Waals surface area contributed by atoms with E-state index in [0.717, 1.165) is 24.2 Å². The van der Waals surface area contributed by atoms with Crippen molar-refractivity contribution in [2.45, 2.75) is 31.7 Å². The molecule has 1 atom stereocenters. The Morgan fingerprint density at radius 3 is 2.03 bits per heavy atom. The van der Waals surface area contributed by atoms with E-state index in [1.165, 1.54) is 12.1 Å². The first kappa shape index (κ1) is 19.8. The summed E-state index contributed by atoms with van der Waals surface area (Å²) in [4.78, 5) is 52.6. The van der Waals surface area contributed by atoms with Crippen molar-refractivity contribution in [3.8, 4) is 0 Å². The number of piperidine rings is 1. The number of hydrogen-bond acceptors (Lipinski definition) is 5. The average Bonchev–Trinajstić information content (AvgIpc) is 3.03. The van der Waals surface area contributed by atoms with Crippen LogP contribution in [0.5, 0.6) is 0 Å². The predicted octanol–water partition coefficient (Wildman–Crippen LogP) is 2.81. The molecule has 3 amide bonds. The fourth-order valence-corrected chi connectivity index (χ4v) is 4.08. The molecule has 1 unspecified atom stereocenters. The number of nitro groups is 1. The van der Waals surface area contributed by atoms with Crippen LogP contribution in [0.1, 0.15) is 45.5 Å². The third-order valence-corrected chi connectivity index (χ3v) is 5.67. The van der Waals surface area contributed by atoms with E-state index in [1.807, 2.05) is 0 Å². The van der Waals surface area contributed by atoms with E-state index in [4.69, 9.17) is 0 Å². The maximum Gasteiger partial charge on any atom is 0.269 e. The van der Waals surface area contributed by atoms with Crippen molar-refractivity contribution in [1.82, 2.24) is 9.80 Å². The van der Waals surface area contributed by atoms with Gasteiger partial charge in [0.1, 0.15) is 6.04 Å². The van der Waals surface area contributed by atoms with Gasteiger partial charge < -0.3 is 4.90 Å². The highest BCUT2D eigenvalue weighted by molar-refractivity contribution is 6.22. The largest absolute Gasteiger partial charge is 0.341 e. The number of nitrogens with zero attached hydrogens (tertiary/aromatic N) is 3. The lowest BCUT2D eigenvalue weighted by Crippen LogP contribution is -2.53. The summed E-state index contributed by atoms with van der Waals surface area (Å²) in [6.45, 7) is 1.19. The second kappa shape index (κ2) is 8.06. The molecule has 4 rings (SSSR count). The van der Waals surface area contributed by atoms with Crippen molar-refractivity contribution in [2.75, 3.05) is 13.1 Å². The van der Waals surface area contributed by atoms with Crippen LogP contribution >= 0.6 is 0 Å². The number of hydrogen-bond donors (Lipinski definition) is 0. The smallest absolute Gasteiger partial charge is 0.269 e. The predicted molar refractivity (Wildman–Crippen MR) is 108 cm³/mol. The van der Waals surface area contributed by atoms with Gasteiger partial charge in [0.25, 0.3) is 17.5 Å². The van der Waals surface area contributed by atoms with E-state index < -0.39 is 22.8 Å². The summed E-state index contributed by atoms with van der Waals surface area (Å²) in [6.07, 6.45) is 2.93. The number of non-ortho nitro benzene ring substituents is 1. The van der Waals surface area contributed by atoms with Gasteiger partial charge in [-0.05, 0) is 37.0 Å². The molecule has 30 heavy (non-hydrogen) atoms. The zero-order chi connectivity index (χ0) is 21.3. The molecule has 0 N–H and O–H groups in total. The first-order chi connectivity index (χ1) is 14.5. The van der Waals surface area contributed by atoms with Gasteiger partial charge in [-0.3, -0.25) is 29.4 Å². The maximum atomic E-state index is 13.4. The summed E-state index contributed by atoms with van der Waals surface area (Å²) in [7, 11) is 0. The quantitative estimate of drug-likeness (QED) is 0.431. The Balaban J connectivity index is 1.67. The Hall–Kier alpha value is -3.55. The molecule has 0 aromatic heterocycles. The van der Waals surface area contributed by atoms with Crippen LogP contribution in [-0.2, 0) is 11.2 Å². The minimum atomic E-state index is -0.989. The van der Waals surface area contributed by atoms with Crippen molar-refractivity contribution in [2.24, 2.45) is 0 Å². The SMILES string of the molecule is O=C(C(Cc1ccc([N+](=O)[O-])cc1)N1C(=O)c2ccccc2C1=O)N1CCCCC1.